The molecule has 2 heterocycles. The molecule has 22 heavy (non-hydrogen) atoms. The van der Waals surface area contributed by atoms with Crippen LogP contribution in [0.3, 0.4) is 0 Å². The fraction of sp³-hybridized carbons (Fsp3) is 0.647. The number of aromatic nitrogens is 1. The second kappa shape index (κ2) is 7.09. The molecule has 0 unspecified atom stereocenters. The van der Waals surface area contributed by atoms with E-state index in [2.05, 4.69) is 16.9 Å². The second-order valence-electron chi connectivity index (χ2n) is 6.93. The molecule has 5 heteroatoms. The zero-order valence-electron chi connectivity index (χ0n) is 14.1. The van der Waals surface area contributed by atoms with Crippen LogP contribution in [-0.2, 0) is 11.3 Å². The minimum absolute atomic E-state index is 0.196. The molecular weight excluding hydrogens is 278 g/mol. The first-order valence-electron chi connectivity index (χ1n) is 7.93. The molecular formula is C17H27N3O2. The summed E-state index contributed by atoms with van der Waals surface area (Å²) >= 11 is 0. The highest BCUT2D eigenvalue weighted by Gasteiger charge is 2.28. The van der Waals surface area contributed by atoms with Gasteiger partial charge in [-0.25, -0.2) is 4.79 Å². The van der Waals surface area contributed by atoms with Gasteiger partial charge >= 0.3 is 6.09 Å². The zero-order chi connectivity index (χ0) is 16.2. The Kier molecular flexibility index (Phi) is 5.40. The van der Waals surface area contributed by atoms with Gasteiger partial charge < -0.3 is 9.64 Å². The van der Waals surface area contributed by atoms with E-state index in [1.54, 1.807) is 0 Å². The minimum Gasteiger partial charge on any atom is -0.444 e. The predicted molar refractivity (Wildman–Crippen MR) is 86.5 cm³/mol. The Labute approximate surface area is 133 Å². The predicted octanol–water partition coefficient (Wildman–Crippen LogP) is 2.91. The van der Waals surface area contributed by atoms with E-state index in [0.29, 0.717) is 6.04 Å². The molecule has 1 aromatic rings. The van der Waals surface area contributed by atoms with Crippen molar-refractivity contribution in [2.75, 3.05) is 20.1 Å². The zero-order valence-corrected chi connectivity index (χ0v) is 14.1. The van der Waals surface area contributed by atoms with Gasteiger partial charge in [-0.1, -0.05) is 6.07 Å². The number of piperidine rings is 1. The van der Waals surface area contributed by atoms with E-state index in [1.807, 2.05) is 50.1 Å². The first-order chi connectivity index (χ1) is 10.3. The molecule has 2 rings (SSSR count). The van der Waals surface area contributed by atoms with Crippen LogP contribution in [0.4, 0.5) is 4.79 Å². The molecule has 0 saturated carbocycles. The number of hydrogen-bond acceptors (Lipinski definition) is 4. The van der Waals surface area contributed by atoms with Crippen LogP contribution < -0.4 is 0 Å². The van der Waals surface area contributed by atoms with Gasteiger partial charge in [0, 0.05) is 31.9 Å². The molecule has 1 amide bonds. The van der Waals surface area contributed by atoms with Crippen molar-refractivity contribution in [3.05, 3.63) is 30.1 Å². The first-order valence-corrected chi connectivity index (χ1v) is 7.93. The maximum Gasteiger partial charge on any atom is 0.410 e. The van der Waals surface area contributed by atoms with Crippen molar-refractivity contribution < 1.29 is 9.53 Å². The normalized spacial score (nSPS) is 16.9. The number of likely N-dealkylation sites (tertiary alicyclic amines) is 1. The van der Waals surface area contributed by atoms with Gasteiger partial charge in [0.15, 0.2) is 0 Å². The van der Waals surface area contributed by atoms with Crippen LogP contribution >= 0.6 is 0 Å². The van der Waals surface area contributed by atoms with E-state index in [9.17, 15) is 4.79 Å². The Morgan fingerprint density at radius 2 is 2.05 bits per heavy atom. The molecule has 0 radical (unpaired) electrons. The summed E-state index contributed by atoms with van der Waals surface area (Å²) in [7, 11) is 2.13. The topological polar surface area (TPSA) is 45.7 Å². The van der Waals surface area contributed by atoms with Crippen LogP contribution in [0.2, 0.25) is 0 Å². The molecule has 5 nitrogen and oxygen atoms in total. The summed E-state index contributed by atoms with van der Waals surface area (Å²) in [4.78, 5) is 20.6. The third-order valence-electron chi connectivity index (χ3n) is 3.88. The van der Waals surface area contributed by atoms with Crippen molar-refractivity contribution in [1.29, 1.82) is 0 Å². The average Bonchev–Trinajstić information content (AvgIpc) is 2.46. The summed E-state index contributed by atoms with van der Waals surface area (Å²) in [6.07, 6.45) is 3.58. The molecule has 1 fully saturated rings. The number of carbonyl (C=O) groups is 1. The Hall–Kier alpha value is -1.62. The Balaban J connectivity index is 1.80. The summed E-state index contributed by atoms with van der Waals surface area (Å²) in [5.74, 6) is 0. The molecule has 1 aliphatic rings. The van der Waals surface area contributed by atoms with E-state index in [1.165, 1.54) is 0 Å². The van der Waals surface area contributed by atoms with Crippen LogP contribution in [0.1, 0.15) is 39.3 Å². The van der Waals surface area contributed by atoms with E-state index < -0.39 is 5.60 Å². The molecule has 1 aliphatic heterocycles. The summed E-state index contributed by atoms with van der Waals surface area (Å²) in [6.45, 7) is 8.06. The second-order valence-corrected chi connectivity index (χ2v) is 6.93. The third kappa shape index (κ3) is 4.98. The van der Waals surface area contributed by atoms with Crippen molar-refractivity contribution in [3.63, 3.8) is 0 Å². The average molecular weight is 305 g/mol. The van der Waals surface area contributed by atoms with Gasteiger partial charge in [0.25, 0.3) is 0 Å². The van der Waals surface area contributed by atoms with Gasteiger partial charge in [0.05, 0.1) is 5.69 Å². The maximum atomic E-state index is 12.1. The Morgan fingerprint density at radius 3 is 2.59 bits per heavy atom. The highest BCUT2D eigenvalue weighted by molar-refractivity contribution is 5.68. The summed E-state index contributed by atoms with van der Waals surface area (Å²) in [6, 6.07) is 6.48. The fourth-order valence-electron chi connectivity index (χ4n) is 2.69. The van der Waals surface area contributed by atoms with Gasteiger partial charge in [-0.3, -0.25) is 9.88 Å². The number of rotatable bonds is 3. The lowest BCUT2D eigenvalue weighted by molar-refractivity contribution is 0.0152. The Bertz CT molecular complexity index is 476. The van der Waals surface area contributed by atoms with Gasteiger partial charge in [0.2, 0.25) is 0 Å². The number of carbonyl (C=O) groups excluding carboxylic acids is 1. The third-order valence-corrected chi connectivity index (χ3v) is 3.88. The molecule has 0 atom stereocenters. The smallest absolute Gasteiger partial charge is 0.410 e. The van der Waals surface area contributed by atoms with Crippen molar-refractivity contribution in [2.24, 2.45) is 0 Å². The molecule has 1 aromatic heterocycles. The number of ether oxygens (including phenoxy) is 1. The van der Waals surface area contributed by atoms with Crippen molar-refractivity contribution in [2.45, 2.75) is 51.8 Å². The minimum atomic E-state index is -0.427. The van der Waals surface area contributed by atoms with Crippen molar-refractivity contribution in [3.8, 4) is 0 Å². The van der Waals surface area contributed by atoms with Crippen LogP contribution in [0.25, 0.3) is 0 Å². The van der Waals surface area contributed by atoms with Gasteiger partial charge in [-0.05, 0) is 52.8 Å². The number of hydrogen-bond donors (Lipinski definition) is 0. The van der Waals surface area contributed by atoms with Gasteiger partial charge in [-0.2, -0.15) is 0 Å². The molecule has 122 valence electrons. The molecule has 0 spiro atoms. The quantitative estimate of drug-likeness (QED) is 0.861. The molecule has 1 saturated heterocycles. The van der Waals surface area contributed by atoms with Crippen LogP contribution in [0.5, 0.6) is 0 Å². The van der Waals surface area contributed by atoms with Crippen LogP contribution in [0.15, 0.2) is 24.4 Å². The monoisotopic (exact) mass is 305 g/mol. The van der Waals surface area contributed by atoms with E-state index in [0.717, 1.165) is 38.2 Å². The summed E-state index contributed by atoms with van der Waals surface area (Å²) in [5.41, 5.74) is 0.656. The molecule has 0 aromatic carbocycles. The highest BCUT2D eigenvalue weighted by atomic mass is 16.6. The molecule has 0 bridgehead atoms. The lowest BCUT2D eigenvalue weighted by atomic mass is 10.0. The van der Waals surface area contributed by atoms with Crippen molar-refractivity contribution in [1.82, 2.24) is 14.8 Å². The van der Waals surface area contributed by atoms with E-state index in [4.69, 9.17) is 4.74 Å². The fourth-order valence-corrected chi connectivity index (χ4v) is 2.69. The molecule has 0 aliphatic carbocycles. The van der Waals surface area contributed by atoms with E-state index in [-0.39, 0.29) is 6.09 Å². The van der Waals surface area contributed by atoms with Crippen LogP contribution in [0, 0.1) is 0 Å². The summed E-state index contributed by atoms with van der Waals surface area (Å²) in [5, 5.41) is 0. The largest absolute Gasteiger partial charge is 0.444 e. The van der Waals surface area contributed by atoms with Crippen molar-refractivity contribution >= 4 is 6.09 Å². The maximum absolute atomic E-state index is 12.1. The summed E-state index contributed by atoms with van der Waals surface area (Å²) < 4.78 is 5.43. The van der Waals surface area contributed by atoms with E-state index >= 15 is 0 Å². The SMILES string of the molecule is CN(Cc1ccccn1)C1CCN(C(=O)OC(C)(C)C)CC1. The number of amides is 1. The highest BCUT2D eigenvalue weighted by Crippen LogP contribution is 2.19. The van der Waals surface area contributed by atoms with Gasteiger partial charge in [0.1, 0.15) is 5.60 Å². The lowest BCUT2D eigenvalue weighted by Crippen LogP contribution is -2.46. The lowest BCUT2D eigenvalue weighted by Gasteiger charge is -2.37. The first kappa shape index (κ1) is 16.7. The van der Waals surface area contributed by atoms with Crippen LogP contribution in [-0.4, -0.2) is 52.7 Å². The molecule has 0 N–H and O–H groups in total. The number of pyridine rings is 1. The number of nitrogens with zero attached hydrogens (tertiary/aromatic N) is 3. The Morgan fingerprint density at radius 1 is 1.36 bits per heavy atom. The van der Waals surface area contributed by atoms with Gasteiger partial charge in [-0.15, -0.1) is 0 Å². The standard InChI is InChI=1S/C17H27N3O2/c1-17(2,3)22-16(21)20-11-8-15(9-12-20)19(4)13-14-7-5-6-10-18-14/h5-7,10,15H,8-9,11-13H2,1-4H3.